The van der Waals surface area contributed by atoms with Gasteiger partial charge >= 0.3 is 0 Å². The molecule has 0 radical (unpaired) electrons. The van der Waals surface area contributed by atoms with Crippen LogP contribution in [0, 0.1) is 0 Å². The van der Waals surface area contributed by atoms with E-state index in [0.29, 0.717) is 11.8 Å². The summed E-state index contributed by atoms with van der Waals surface area (Å²) < 4.78 is 0. The Labute approximate surface area is 102 Å². The summed E-state index contributed by atoms with van der Waals surface area (Å²) in [6, 6.07) is 6.21. The van der Waals surface area contributed by atoms with Crippen molar-refractivity contribution in [2.75, 3.05) is 25.0 Å². The first-order valence-electron chi connectivity index (χ1n) is 6.62. The second-order valence-electron chi connectivity index (χ2n) is 5.23. The van der Waals surface area contributed by atoms with E-state index in [0.717, 1.165) is 18.7 Å². The van der Waals surface area contributed by atoms with Crippen LogP contribution in [0.2, 0.25) is 0 Å². The topological polar surface area (TPSA) is 35.5 Å². The molecule has 0 amide bonds. The van der Waals surface area contributed by atoms with Crippen molar-refractivity contribution in [3.05, 3.63) is 23.8 Å². The molecule has 0 saturated carbocycles. The molecule has 3 heteroatoms. The van der Waals surface area contributed by atoms with Crippen LogP contribution >= 0.6 is 0 Å². The van der Waals surface area contributed by atoms with Crippen molar-refractivity contribution < 1.29 is 5.11 Å². The maximum atomic E-state index is 9.51. The van der Waals surface area contributed by atoms with Crippen LogP contribution in [-0.4, -0.2) is 35.7 Å². The van der Waals surface area contributed by atoms with Crippen LogP contribution in [0.4, 0.5) is 5.69 Å². The van der Waals surface area contributed by atoms with Crippen LogP contribution in [0.25, 0.3) is 0 Å². The summed E-state index contributed by atoms with van der Waals surface area (Å²) in [6.07, 6.45) is 5.03. The SMILES string of the molecule is Oc1ccc2c(c1)NC(CN1CCCC1)CC2. The minimum absolute atomic E-state index is 0.359. The van der Waals surface area contributed by atoms with Crippen molar-refractivity contribution in [2.45, 2.75) is 31.7 Å². The number of likely N-dealkylation sites (tertiary alicyclic amines) is 1. The zero-order valence-electron chi connectivity index (χ0n) is 10.2. The Bertz CT molecular complexity index is 399. The fraction of sp³-hybridized carbons (Fsp3) is 0.571. The number of anilines is 1. The fourth-order valence-corrected chi connectivity index (χ4v) is 2.95. The molecule has 92 valence electrons. The van der Waals surface area contributed by atoms with Crippen LogP contribution in [-0.2, 0) is 6.42 Å². The molecule has 2 heterocycles. The van der Waals surface area contributed by atoms with E-state index in [1.165, 1.54) is 37.9 Å². The van der Waals surface area contributed by atoms with Crippen LogP contribution in [0.3, 0.4) is 0 Å². The van der Waals surface area contributed by atoms with E-state index in [9.17, 15) is 5.11 Å². The zero-order chi connectivity index (χ0) is 11.7. The van der Waals surface area contributed by atoms with Crippen LogP contribution in [0.15, 0.2) is 18.2 Å². The summed E-state index contributed by atoms with van der Waals surface area (Å²) in [5.74, 6) is 0.359. The van der Waals surface area contributed by atoms with Crippen LogP contribution in [0.5, 0.6) is 5.75 Å². The lowest BCUT2D eigenvalue weighted by Gasteiger charge is -2.30. The van der Waals surface area contributed by atoms with Crippen LogP contribution < -0.4 is 5.32 Å². The molecular weight excluding hydrogens is 212 g/mol. The Morgan fingerprint density at radius 2 is 2.12 bits per heavy atom. The number of benzene rings is 1. The highest BCUT2D eigenvalue weighted by Crippen LogP contribution is 2.28. The third kappa shape index (κ3) is 2.39. The highest BCUT2D eigenvalue weighted by molar-refractivity contribution is 5.57. The van der Waals surface area contributed by atoms with Crippen molar-refractivity contribution in [2.24, 2.45) is 0 Å². The second-order valence-corrected chi connectivity index (χ2v) is 5.23. The van der Waals surface area contributed by atoms with Crippen molar-refractivity contribution in [1.82, 2.24) is 4.90 Å². The molecule has 3 nitrogen and oxygen atoms in total. The monoisotopic (exact) mass is 232 g/mol. The summed E-state index contributed by atoms with van der Waals surface area (Å²) in [5.41, 5.74) is 2.46. The van der Waals surface area contributed by atoms with Gasteiger partial charge in [0.15, 0.2) is 0 Å². The number of hydrogen-bond acceptors (Lipinski definition) is 3. The predicted molar refractivity (Wildman–Crippen MR) is 69.5 cm³/mol. The van der Waals surface area contributed by atoms with Gasteiger partial charge in [0.25, 0.3) is 0 Å². The van der Waals surface area contributed by atoms with Crippen molar-refractivity contribution in [3.63, 3.8) is 0 Å². The number of fused-ring (bicyclic) bond motifs is 1. The Morgan fingerprint density at radius 1 is 1.29 bits per heavy atom. The molecule has 1 aromatic rings. The molecular formula is C14H20N2O. The molecule has 2 aliphatic heterocycles. The summed E-state index contributed by atoms with van der Waals surface area (Å²) >= 11 is 0. The number of phenols is 1. The van der Waals surface area contributed by atoms with Gasteiger partial charge in [-0.05, 0) is 50.4 Å². The van der Waals surface area contributed by atoms with Gasteiger partial charge in [-0.2, -0.15) is 0 Å². The molecule has 1 fully saturated rings. The van der Waals surface area contributed by atoms with Gasteiger partial charge in [0.05, 0.1) is 0 Å². The number of aryl methyl sites for hydroxylation is 1. The summed E-state index contributed by atoms with van der Waals surface area (Å²) in [4.78, 5) is 2.55. The molecule has 0 aliphatic carbocycles. The Morgan fingerprint density at radius 3 is 2.94 bits per heavy atom. The minimum atomic E-state index is 0.359. The van der Waals surface area contributed by atoms with Crippen molar-refractivity contribution >= 4 is 5.69 Å². The van der Waals surface area contributed by atoms with Gasteiger partial charge in [-0.25, -0.2) is 0 Å². The Balaban J connectivity index is 1.67. The van der Waals surface area contributed by atoms with E-state index >= 15 is 0 Å². The van der Waals surface area contributed by atoms with Gasteiger partial charge in [0.2, 0.25) is 0 Å². The average molecular weight is 232 g/mol. The van der Waals surface area contributed by atoms with E-state index in [4.69, 9.17) is 0 Å². The third-order valence-electron chi connectivity index (χ3n) is 3.89. The van der Waals surface area contributed by atoms with Crippen LogP contribution in [0.1, 0.15) is 24.8 Å². The fourth-order valence-electron chi connectivity index (χ4n) is 2.95. The van der Waals surface area contributed by atoms with Gasteiger partial charge in [-0.1, -0.05) is 6.07 Å². The number of phenolic OH excluding ortho intramolecular Hbond substituents is 1. The predicted octanol–water partition coefficient (Wildman–Crippen LogP) is 2.21. The van der Waals surface area contributed by atoms with E-state index in [1.54, 1.807) is 6.07 Å². The quantitative estimate of drug-likeness (QED) is 0.820. The molecule has 3 rings (SSSR count). The van der Waals surface area contributed by atoms with Crippen molar-refractivity contribution in [3.8, 4) is 5.75 Å². The maximum Gasteiger partial charge on any atom is 0.117 e. The van der Waals surface area contributed by atoms with Gasteiger partial charge in [-0.3, -0.25) is 0 Å². The van der Waals surface area contributed by atoms with Gasteiger partial charge in [-0.15, -0.1) is 0 Å². The maximum absolute atomic E-state index is 9.51. The number of nitrogens with one attached hydrogen (secondary N) is 1. The molecule has 0 bridgehead atoms. The Hall–Kier alpha value is -1.22. The first kappa shape index (κ1) is 10.9. The lowest BCUT2D eigenvalue weighted by Crippen LogP contribution is -2.37. The molecule has 1 atom stereocenters. The molecule has 1 aromatic carbocycles. The van der Waals surface area contributed by atoms with Gasteiger partial charge in [0.1, 0.15) is 5.75 Å². The summed E-state index contributed by atoms with van der Waals surface area (Å²) in [6.45, 7) is 3.66. The Kier molecular flexibility index (Phi) is 2.93. The summed E-state index contributed by atoms with van der Waals surface area (Å²) in [7, 11) is 0. The third-order valence-corrected chi connectivity index (χ3v) is 3.89. The first-order valence-corrected chi connectivity index (χ1v) is 6.62. The molecule has 17 heavy (non-hydrogen) atoms. The van der Waals surface area contributed by atoms with E-state index in [-0.39, 0.29) is 0 Å². The smallest absolute Gasteiger partial charge is 0.117 e. The highest BCUT2D eigenvalue weighted by atomic mass is 16.3. The van der Waals surface area contributed by atoms with E-state index < -0.39 is 0 Å². The largest absolute Gasteiger partial charge is 0.508 e. The molecule has 2 aliphatic rings. The average Bonchev–Trinajstić information content (AvgIpc) is 2.81. The van der Waals surface area contributed by atoms with E-state index in [2.05, 4.69) is 10.2 Å². The molecule has 1 saturated heterocycles. The summed E-state index contributed by atoms with van der Waals surface area (Å²) in [5, 5.41) is 13.1. The lowest BCUT2D eigenvalue weighted by molar-refractivity contribution is 0.314. The number of aromatic hydroxyl groups is 1. The number of hydrogen-bond donors (Lipinski definition) is 2. The minimum Gasteiger partial charge on any atom is -0.508 e. The molecule has 0 aromatic heterocycles. The number of rotatable bonds is 2. The first-order chi connectivity index (χ1) is 8.31. The standard InChI is InChI=1S/C14H20N2O/c17-13-6-4-11-3-5-12(15-14(11)9-13)10-16-7-1-2-8-16/h4,6,9,12,15,17H,1-3,5,7-8,10H2. The molecule has 1 unspecified atom stereocenters. The molecule has 2 N–H and O–H groups in total. The lowest BCUT2D eigenvalue weighted by atomic mass is 9.97. The molecule has 0 spiro atoms. The second kappa shape index (κ2) is 4.57. The van der Waals surface area contributed by atoms with Gasteiger partial charge < -0.3 is 15.3 Å². The van der Waals surface area contributed by atoms with Crippen molar-refractivity contribution in [1.29, 1.82) is 0 Å². The van der Waals surface area contributed by atoms with Gasteiger partial charge in [0, 0.05) is 24.3 Å². The zero-order valence-corrected chi connectivity index (χ0v) is 10.2. The van der Waals surface area contributed by atoms with E-state index in [1.807, 2.05) is 12.1 Å². The number of nitrogens with zero attached hydrogens (tertiary/aromatic N) is 1. The highest BCUT2D eigenvalue weighted by Gasteiger charge is 2.21. The normalized spacial score (nSPS) is 24.4.